The molecule has 6 heteroatoms. The number of nitrogens with zero attached hydrogens (tertiary/aromatic N) is 2. The Morgan fingerprint density at radius 1 is 1.29 bits per heavy atom. The Morgan fingerprint density at radius 2 is 2.00 bits per heavy atom. The van der Waals surface area contributed by atoms with Crippen LogP contribution in [0.5, 0.6) is 5.75 Å². The molecule has 0 atom stereocenters. The second-order valence-corrected chi connectivity index (χ2v) is 5.24. The first-order chi connectivity index (χ1) is 11.5. The molecule has 0 aliphatic carbocycles. The number of rotatable bonds is 5. The van der Waals surface area contributed by atoms with E-state index in [1.165, 1.54) is 18.3 Å². The molecule has 5 nitrogen and oxygen atoms in total. The van der Waals surface area contributed by atoms with Crippen molar-refractivity contribution in [2.75, 3.05) is 0 Å². The van der Waals surface area contributed by atoms with Gasteiger partial charge in [0, 0.05) is 0 Å². The number of amides is 1. The lowest BCUT2D eigenvalue weighted by Crippen LogP contribution is -2.19. The lowest BCUT2D eigenvalue weighted by atomic mass is 10.1. The minimum absolute atomic E-state index is 0.0890. The van der Waals surface area contributed by atoms with Crippen molar-refractivity contribution in [2.45, 2.75) is 20.0 Å². The fraction of sp³-hybridized carbons (Fsp3) is 0.167. The van der Waals surface area contributed by atoms with Gasteiger partial charge in [-0.3, -0.25) is 4.79 Å². The van der Waals surface area contributed by atoms with Crippen LogP contribution < -0.4 is 10.2 Å². The van der Waals surface area contributed by atoms with Crippen molar-refractivity contribution in [3.05, 3.63) is 65.0 Å². The van der Waals surface area contributed by atoms with Crippen LogP contribution in [0.25, 0.3) is 0 Å². The molecule has 24 heavy (non-hydrogen) atoms. The molecule has 122 valence electrons. The van der Waals surface area contributed by atoms with Crippen molar-refractivity contribution in [1.29, 1.82) is 5.26 Å². The summed E-state index contributed by atoms with van der Waals surface area (Å²) >= 11 is 0. The third kappa shape index (κ3) is 4.65. The van der Waals surface area contributed by atoms with E-state index in [-0.39, 0.29) is 17.2 Å². The predicted octanol–water partition coefficient (Wildman–Crippen LogP) is 3.25. The Kier molecular flexibility index (Phi) is 5.63. The molecule has 0 spiro atoms. The van der Waals surface area contributed by atoms with Crippen LogP contribution in [-0.4, -0.2) is 18.2 Å². The van der Waals surface area contributed by atoms with Crippen molar-refractivity contribution in [3.8, 4) is 11.8 Å². The van der Waals surface area contributed by atoms with Gasteiger partial charge in [0.2, 0.25) is 0 Å². The van der Waals surface area contributed by atoms with E-state index >= 15 is 0 Å². The number of hydrogen-bond donors (Lipinski definition) is 1. The Morgan fingerprint density at radius 3 is 2.58 bits per heavy atom. The average Bonchev–Trinajstić information content (AvgIpc) is 2.55. The molecule has 0 aromatic heterocycles. The van der Waals surface area contributed by atoms with Gasteiger partial charge >= 0.3 is 0 Å². The number of halogens is 1. The normalized spacial score (nSPS) is 10.6. The van der Waals surface area contributed by atoms with Crippen molar-refractivity contribution in [1.82, 2.24) is 5.43 Å². The minimum Gasteiger partial charge on any atom is -0.491 e. The molecule has 1 N–H and O–H groups in total. The van der Waals surface area contributed by atoms with Gasteiger partial charge in [0.25, 0.3) is 5.91 Å². The van der Waals surface area contributed by atoms with E-state index in [1.54, 1.807) is 30.3 Å². The lowest BCUT2D eigenvalue weighted by Gasteiger charge is -2.09. The number of carbonyl (C=O) groups is 1. The van der Waals surface area contributed by atoms with Crippen LogP contribution in [0.1, 0.15) is 35.3 Å². The summed E-state index contributed by atoms with van der Waals surface area (Å²) in [5.41, 5.74) is 2.98. The molecule has 0 aliphatic heterocycles. The van der Waals surface area contributed by atoms with Gasteiger partial charge in [0.05, 0.1) is 29.5 Å². The van der Waals surface area contributed by atoms with Crippen LogP contribution in [0, 0.1) is 17.1 Å². The highest BCUT2D eigenvalue weighted by Crippen LogP contribution is 2.13. The number of hydrogen-bond acceptors (Lipinski definition) is 4. The maximum Gasteiger partial charge on any atom is 0.274 e. The van der Waals surface area contributed by atoms with E-state index in [0.29, 0.717) is 0 Å². The second-order valence-electron chi connectivity index (χ2n) is 5.24. The number of nitrogens with one attached hydrogen (secondary N) is 1. The van der Waals surface area contributed by atoms with Crippen LogP contribution in [0.4, 0.5) is 4.39 Å². The topological polar surface area (TPSA) is 74.5 Å². The standard InChI is InChI=1S/C18H16FN3O2/c1-12(2)24-15-6-3-13(4-7-15)11-21-22-18(23)16-8-5-14(10-20)9-17(16)19/h3-9,11-12H,1-2H3,(H,22,23). The largest absolute Gasteiger partial charge is 0.491 e. The summed E-state index contributed by atoms with van der Waals surface area (Å²) in [6, 6.07) is 12.6. The van der Waals surface area contributed by atoms with Crippen LogP contribution >= 0.6 is 0 Å². The molecule has 0 aliphatic rings. The molecule has 0 heterocycles. The monoisotopic (exact) mass is 325 g/mol. The SMILES string of the molecule is CC(C)Oc1ccc(C=NNC(=O)c2ccc(C#N)cc2F)cc1. The zero-order chi connectivity index (χ0) is 17.5. The van der Waals surface area contributed by atoms with Gasteiger partial charge in [-0.25, -0.2) is 9.82 Å². The van der Waals surface area contributed by atoms with E-state index < -0.39 is 11.7 Å². The highest BCUT2D eigenvalue weighted by atomic mass is 19.1. The quantitative estimate of drug-likeness (QED) is 0.677. The summed E-state index contributed by atoms with van der Waals surface area (Å²) in [6.07, 6.45) is 1.53. The van der Waals surface area contributed by atoms with E-state index in [4.69, 9.17) is 10.00 Å². The molecule has 0 bridgehead atoms. The number of benzene rings is 2. The van der Waals surface area contributed by atoms with Gasteiger partial charge in [-0.2, -0.15) is 10.4 Å². The third-order valence-corrected chi connectivity index (χ3v) is 2.97. The predicted molar refractivity (Wildman–Crippen MR) is 88.4 cm³/mol. The average molecular weight is 325 g/mol. The molecule has 2 aromatic rings. The molecule has 0 unspecified atom stereocenters. The highest BCUT2D eigenvalue weighted by molar-refractivity contribution is 5.95. The van der Waals surface area contributed by atoms with Crippen LogP contribution in [0.15, 0.2) is 47.6 Å². The van der Waals surface area contributed by atoms with E-state index in [0.717, 1.165) is 17.4 Å². The van der Waals surface area contributed by atoms with Crippen LogP contribution in [-0.2, 0) is 0 Å². The van der Waals surface area contributed by atoms with Gasteiger partial charge in [-0.05, 0) is 61.9 Å². The smallest absolute Gasteiger partial charge is 0.274 e. The van der Waals surface area contributed by atoms with Crippen molar-refractivity contribution in [2.24, 2.45) is 5.10 Å². The Balaban J connectivity index is 1.98. The molecule has 0 saturated heterocycles. The van der Waals surface area contributed by atoms with Crippen molar-refractivity contribution >= 4 is 12.1 Å². The second kappa shape index (κ2) is 7.88. The molecule has 2 rings (SSSR count). The zero-order valence-electron chi connectivity index (χ0n) is 13.3. The first kappa shape index (κ1) is 17.2. The maximum atomic E-state index is 13.7. The summed E-state index contributed by atoms with van der Waals surface area (Å²) in [5, 5.41) is 12.5. The Bertz CT molecular complexity index is 793. The van der Waals surface area contributed by atoms with E-state index in [9.17, 15) is 9.18 Å². The Hall–Kier alpha value is -3.20. The summed E-state index contributed by atoms with van der Waals surface area (Å²) in [6.45, 7) is 3.88. The summed E-state index contributed by atoms with van der Waals surface area (Å²) in [4.78, 5) is 11.9. The van der Waals surface area contributed by atoms with Gasteiger partial charge < -0.3 is 4.74 Å². The van der Waals surface area contributed by atoms with Gasteiger partial charge in [0.15, 0.2) is 0 Å². The number of carbonyl (C=O) groups excluding carboxylic acids is 1. The summed E-state index contributed by atoms with van der Waals surface area (Å²) < 4.78 is 19.2. The van der Waals surface area contributed by atoms with Crippen LogP contribution in [0.2, 0.25) is 0 Å². The van der Waals surface area contributed by atoms with Crippen molar-refractivity contribution < 1.29 is 13.9 Å². The summed E-state index contributed by atoms with van der Waals surface area (Å²) in [7, 11) is 0. The van der Waals surface area contributed by atoms with E-state index in [2.05, 4.69) is 10.5 Å². The number of nitriles is 1. The van der Waals surface area contributed by atoms with Crippen LogP contribution in [0.3, 0.4) is 0 Å². The van der Waals surface area contributed by atoms with Gasteiger partial charge in [-0.1, -0.05) is 0 Å². The molecule has 2 aromatic carbocycles. The zero-order valence-corrected chi connectivity index (χ0v) is 13.3. The molecular weight excluding hydrogens is 309 g/mol. The molecular formula is C18H16FN3O2. The fourth-order valence-corrected chi connectivity index (χ4v) is 1.90. The molecule has 0 fully saturated rings. The number of hydrazone groups is 1. The highest BCUT2D eigenvalue weighted by Gasteiger charge is 2.11. The Labute approximate surface area is 139 Å². The molecule has 1 amide bonds. The van der Waals surface area contributed by atoms with E-state index in [1.807, 2.05) is 13.8 Å². The van der Waals surface area contributed by atoms with Crippen molar-refractivity contribution in [3.63, 3.8) is 0 Å². The maximum absolute atomic E-state index is 13.7. The molecule has 0 saturated carbocycles. The summed E-state index contributed by atoms with van der Waals surface area (Å²) in [5.74, 6) is -0.712. The third-order valence-electron chi connectivity index (χ3n) is 2.97. The molecule has 0 radical (unpaired) electrons. The fourth-order valence-electron chi connectivity index (χ4n) is 1.90. The first-order valence-electron chi connectivity index (χ1n) is 7.29. The number of ether oxygens (including phenoxy) is 1. The first-order valence-corrected chi connectivity index (χ1v) is 7.29. The van der Waals surface area contributed by atoms with Gasteiger partial charge in [-0.15, -0.1) is 0 Å². The van der Waals surface area contributed by atoms with Gasteiger partial charge in [0.1, 0.15) is 11.6 Å². The minimum atomic E-state index is -0.767. The lowest BCUT2D eigenvalue weighted by molar-refractivity contribution is 0.0951.